The number of carbonyl (C=O) groups excluding carboxylic acids is 1. The van der Waals surface area contributed by atoms with E-state index in [-0.39, 0.29) is 36.8 Å². The molecular formula is C24H32ClNO4. The summed E-state index contributed by atoms with van der Waals surface area (Å²) in [5.41, 5.74) is 2.93. The molecule has 164 valence electrons. The molecule has 2 atom stereocenters. The van der Waals surface area contributed by atoms with Crippen molar-refractivity contribution < 1.29 is 19.4 Å². The molecule has 0 spiro atoms. The summed E-state index contributed by atoms with van der Waals surface area (Å²) in [6.07, 6.45) is 4.77. The number of hydrogen-bond acceptors (Lipinski definition) is 3. The Bertz CT molecular complexity index is 857. The highest BCUT2D eigenvalue weighted by Crippen LogP contribution is 2.46. The Balaban J connectivity index is 1.92. The monoisotopic (exact) mass is 433 g/mol. The molecule has 1 aromatic rings. The SMILES string of the molecule is C[C@H]1CC2=CN(CCC(=O)O)C(=O)CC2(c2ccc(CCC(C)(C)C)c(Cl)c2)CO1. The Hall–Kier alpha value is -1.85. The maximum absolute atomic E-state index is 12.9. The van der Waals surface area contributed by atoms with Gasteiger partial charge < -0.3 is 14.7 Å². The first-order valence-electron chi connectivity index (χ1n) is 10.6. The highest BCUT2D eigenvalue weighted by molar-refractivity contribution is 6.31. The Morgan fingerprint density at radius 3 is 2.73 bits per heavy atom. The summed E-state index contributed by atoms with van der Waals surface area (Å²) in [6.45, 7) is 9.29. The molecule has 5 nitrogen and oxygen atoms in total. The van der Waals surface area contributed by atoms with E-state index in [4.69, 9.17) is 21.4 Å². The smallest absolute Gasteiger partial charge is 0.305 e. The largest absolute Gasteiger partial charge is 0.481 e. The number of amides is 1. The van der Waals surface area contributed by atoms with Crippen LogP contribution < -0.4 is 0 Å². The molecule has 30 heavy (non-hydrogen) atoms. The van der Waals surface area contributed by atoms with E-state index < -0.39 is 11.4 Å². The molecule has 1 fully saturated rings. The third kappa shape index (κ3) is 5.06. The molecule has 3 rings (SSSR count). The Morgan fingerprint density at radius 2 is 2.10 bits per heavy atom. The first-order chi connectivity index (χ1) is 14.0. The van der Waals surface area contributed by atoms with Crippen molar-refractivity contribution in [1.82, 2.24) is 4.90 Å². The summed E-state index contributed by atoms with van der Waals surface area (Å²) in [6, 6.07) is 6.15. The van der Waals surface area contributed by atoms with Crippen molar-refractivity contribution in [3.63, 3.8) is 0 Å². The first-order valence-corrected chi connectivity index (χ1v) is 11.0. The Kier molecular flexibility index (Phi) is 6.63. The van der Waals surface area contributed by atoms with Gasteiger partial charge in [0.25, 0.3) is 0 Å². The molecule has 1 saturated heterocycles. The third-order valence-electron chi connectivity index (χ3n) is 6.14. The molecule has 2 aliphatic rings. The highest BCUT2D eigenvalue weighted by atomic mass is 35.5. The number of rotatable bonds is 6. The fourth-order valence-corrected chi connectivity index (χ4v) is 4.51. The number of benzene rings is 1. The van der Waals surface area contributed by atoms with Gasteiger partial charge in [0.2, 0.25) is 5.91 Å². The minimum atomic E-state index is -0.906. The molecule has 0 saturated carbocycles. The van der Waals surface area contributed by atoms with E-state index in [0.29, 0.717) is 13.0 Å². The molecular weight excluding hydrogens is 402 g/mol. The summed E-state index contributed by atoms with van der Waals surface area (Å²) in [5, 5.41) is 9.72. The second kappa shape index (κ2) is 8.72. The lowest BCUT2D eigenvalue weighted by atomic mass is 9.67. The van der Waals surface area contributed by atoms with Gasteiger partial charge in [-0.05, 0) is 54.4 Å². The van der Waals surface area contributed by atoms with Crippen LogP contribution in [0.5, 0.6) is 0 Å². The van der Waals surface area contributed by atoms with Gasteiger partial charge in [-0.1, -0.05) is 44.5 Å². The first kappa shape index (κ1) is 22.8. The molecule has 0 bridgehead atoms. The lowest BCUT2D eigenvalue weighted by Gasteiger charge is -2.46. The number of hydrogen-bond donors (Lipinski definition) is 1. The number of halogens is 1. The maximum Gasteiger partial charge on any atom is 0.305 e. The van der Waals surface area contributed by atoms with Crippen molar-refractivity contribution in [2.45, 2.75) is 71.3 Å². The molecule has 6 heteroatoms. The fourth-order valence-electron chi connectivity index (χ4n) is 4.24. The van der Waals surface area contributed by atoms with E-state index in [1.165, 1.54) is 0 Å². The van der Waals surface area contributed by atoms with Crippen LogP contribution in [0.25, 0.3) is 0 Å². The zero-order valence-corrected chi connectivity index (χ0v) is 19.1. The number of aryl methyl sites for hydroxylation is 1. The zero-order valence-electron chi connectivity index (χ0n) is 18.3. The number of carboxylic acid groups (broad SMARTS) is 1. The molecule has 0 radical (unpaired) electrons. The summed E-state index contributed by atoms with van der Waals surface area (Å²) >= 11 is 6.66. The van der Waals surface area contributed by atoms with Crippen LogP contribution in [0.3, 0.4) is 0 Å². The maximum atomic E-state index is 12.9. The number of fused-ring (bicyclic) bond motifs is 1. The van der Waals surface area contributed by atoms with Gasteiger partial charge in [0.15, 0.2) is 0 Å². The van der Waals surface area contributed by atoms with Gasteiger partial charge in [-0.15, -0.1) is 0 Å². The number of nitrogens with zero attached hydrogens (tertiary/aromatic N) is 1. The Labute approximate surface area is 184 Å². The van der Waals surface area contributed by atoms with Gasteiger partial charge in [-0.2, -0.15) is 0 Å². The fraction of sp³-hybridized carbons (Fsp3) is 0.583. The van der Waals surface area contributed by atoms with Gasteiger partial charge in [0.05, 0.1) is 24.5 Å². The van der Waals surface area contributed by atoms with E-state index in [0.717, 1.165) is 34.6 Å². The summed E-state index contributed by atoms with van der Waals surface area (Å²) in [4.78, 5) is 25.4. The summed E-state index contributed by atoms with van der Waals surface area (Å²) in [5.74, 6) is -0.984. The molecule has 1 amide bonds. The number of carboxylic acids is 1. The van der Waals surface area contributed by atoms with Crippen molar-refractivity contribution in [2.75, 3.05) is 13.2 Å². The van der Waals surface area contributed by atoms with Gasteiger partial charge in [0.1, 0.15) is 0 Å². The molecule has 0 aliphatic carbocycles. The zero-order chi connectivity index (χ0) is 22.1. The van der Waals surface area contributed by atoms with E-state index in [9.17, 15) is 9.59 Å². The second-order valence-electron chi connectivity index (χ2n) is 9.84. The van der Waals surface area contributed by atoms with Crippen LogP contribution in [0.2, 0.25) is 5.02 Å². The number of carbonyl (C=O) groups is 2. The normalized spacial score (nSPS) is 24.4. The van der Waals surface area contributed by atoms with Gasteiger partial charge in [0, 0.05) is 24.2 Å². The lowest BCUT2D eigenvalue weighted by molar-refractivity contribution is -0.138. The standard InChI is InChI=1S/C24H32ClNO4/c1-16-11-19-14-26(10-8-22(28)29)21(27)13-24(19,15-30-16)18-6-5-17(20(25)12-18)7-9-23(2,3)4/h5-6,12,14,16H,7-11,13,15H2,1-4H3,(H,28,29)/t16-,24?/m0/s1. The highest BCUT2D eigenvalue weighted by Gasteiger charge is 2.46. The van der Waals surface area contributed by atoms with Crippen molar-refractivity contribution in [3.05, 3.63) is 46.1 Å². The third-order valence-corrected chi connectivity index (χ3v) is 6.49. The molecule has 1 aromatic carbocycles. The van der Waals surface area contributed by atoms with Crippen molar-refractivity contribution in [1.29, 1.82) is 0 Å². The van der Waals surface area contributed by atoms with Crippen LogP contribution in [0.4, 0.5) is 0 Å². The molecule has 1 N–H and O–H groups in total. The molecule has 2 aliphatic heterocycles. The van der Waals surface area contributed by atoms with Crippen LogP contribution in [-0.4, -0.2) is 41.1 Å². The van der Waals surface area contributed by atoms with Crippen molar-refractivity contribution >= 4 is 23.5 Å². The molecule has 1 unspecified atom stereocenters. The number of ether oxygens (including phenoxy) is 1. The van der Waals surface area contributed by atoms with Crippen LogP contribution in [0.1, 0.15) is 64.5 Å². The van der Waals surface area contributed by atoms with E-state index in [1.54, 1.807) is 4.90 Å². The average molecular weight is 434 g/mol. The molecule has 0 aromatic heterocycles. The van der Waals surface area contributed by atoms with E-state index >= 15 is 0 Å². The van der Waals surface area contributed by atoms with Crippen LogP contribution >= 0.6 is 11.6 Å². The topological polar surface area (TPSA) is 66.8 Å². The Morgan fingerprint density at radius 1 is 1.37 bits per heavy atom. The number of aliphatic carboxylic acids is 1. The van der Waals surface area contributed by atoms with Crippen molar-refractivity contribution in [2.24, 2.45) is 5.41 Å². The lowest BCUT2D eigenvalue weighted by Crippen LogP contribution is -2.49. The summed E-state index contributed by atoms with van der Waals surface area (Å²) < 4.78 is 6.00. The van der Waals surface area contributed by atoms with Crippen molar-refractivity contribution in [3.8, 4) is 0 Å². The minimum Gasteiger partial charge on any atom is -0.481 e. The predicted octanol–water partition coefficient (Wildman–Crippen LogP) is 4.96. The van der Waals surface area contributed by atoms with E-state index in [2.05, 4.69) is 32.9 Å². The van der Waals surface area contributed by atoms with Gasteiger partial charge >= 0.3 is 5.97 Å². The van der Waals surface area contributed by atoms with Crippen LogP contribution in [0.15, 0.2) is 30.0 Å². The summed E-state index contributed by atoms with van der Waals surface area (Å²) in [7, 11) is 0. The average Bonchev–Trinajstić information content (AvgIpc) is 2.65. The van der Waals surface area contributed by atoms with Gasteiger partial charge in [-0.25, -0.2) is 0 Å². The minimum absolute atomic E-state index is 0.0560. The molecule has 2 heterocycles. The van der Waals surface area contributed by atoms with Gasteiger partial charge in [-0.3, -0.25) is 9.59 Å². The quantitative estimate of drug-likeness (QED) is 0.688. The second-order valence-corrected chi connectivity index (χ2v) is 10.2. The van der Waals surface area contributed by atoms with E-state index in [1.807, 2.05) is 19.2 Å². The predicted molar refractivity (Wildman–Crippen MR) is 118 cm³/mol. The van der Waals surface area contributed by atoms with Crippen LogP contribution in [-0.2, 0) is 26.2 Å². The van der Waals surface area contributed by atoms with Crippen LogP contribution in [0, 0.1) is 5.41 Å².